The van der Waals surface area contributed by atoms with Gasteiger partial charge in [0, 0.05) is 17.8 Å². The smallest absolute Gasteiger partial charge is 0.257 e. The second-order valence-electron chi connectivity index (χ2n) is 7.14. The first-order valence-corrected chi connectivity index (χ1v) is 10.2. The van der Waals surface area contributed by atoms with Crippen LogP contribution in [0.2, 0.25) is 0 Å². The molecule has 1 aliphatic heterocycles. The average molecular weight is 394 g/mol. The van der Waals surface area contributed by atoms with Crippen LogP contribution < -0.4 is 0 Å². The van der Waals surface area contributed by atoms with Gasteiger partial charge in [0.2, 0.25) is 0 Å². The van der Waals surface area contributed by atoms with Crippen molar-refractivity contribution in [2.45, 2.75) is 25.9 Å². The molecule has 0 saturated heterocycles. The Labute approximate surface area is 168 Å². The van der Waals surface area contributed by atoms with E-state index in [1.807, 2.05) is 30.1 Å². The lowest BCUT2D eigenvalue weighted by molar-refractivity contribution is -0.134. The van der Waals surface area contributed by atoms with Crippen LogP contribution in [0, 0.1) is 6.92 Å². The Kier molecular flexibility index (Phi) is 5.41. The fourth-order valence-corrected chi connectivity index (χ4v) is 4.18. The van der Waals surface area contributed by atoms with Crippen molar-refractivity contribution in [2.75, 3.05) is 13.6 Å². The number of aryl methyl sites for hydroxylation is 1. The first-order valence-electron chi connectivity index (χ1n) is 9.31. The number of nitrogens with zero attached hydrogens (tertiary/aromatic N) is 3. The number of amides is 1. The highest BCUT2D eigenvalue weighted by atomic mass is 32.1. The summed E-state index contributed by atoms with van der Waals surface area (Å²) >= 11 is 1.70. The molecule has 0 aliphatic carbocycles. The van der Waals surface area contributed by atoms with E-state index in [0.717, 1.165) is 23.6 Å². The molecule has 0 N–H and O–H groups in total. The summed E-state index contributed by atoms with van der Waals surface area (Å²) in [5, 5.41) is 8.34. The summed E-state index contributed by atoms with van der Waals surface area (Å²) in [6.07, 6.45) is 2.29. The first-order chi connectivity index (χ1) is 13.6. The summed E-state index contributed by atoms with van der Waals surface area (Å²) in [5.74, 6) is 0.739. The molecule has 0 radical (unpaired) electrons. The minimum Gasteiger partial charge on any atom is -0.467 e. The maximum absolute atomic E-state index is 13.1. The van der Waals surface area contributed by atoms with Gasteiger partial charge >= 0.3 is 0 Å². The lowest BCUT2D eigenvalue weighted by Gasteiger charge is -2.23. The molecule has 0 unspecified atom stereocenters. The third-order valence-electron chi connectivity index (χ3n) is 4.83. The number of hydrogen-bond donors (Lipinski definition) is 0. The minimum atomic E-state index is -0.200. The van der Waals surface area contributed by atoms with Crippen molar-refractivity contribution in [1.82, 2.24) is 9.91 Å². The molecule has 144 valence electrons. The molecule has 3 heterocycles. The SMILES string of the molecule is Cc1ccc(C2=NN(C(=O)CN(C)Cc3cccs3)[C@H](c3ccco3)C2)cc1. The molecule has 28 heavy (non-hydrogen) atoms. The molecular weight excluding hydrogens is 370 g/mol. The fourth-order valence-electron chi connectivity index (χ4n) is 3.39. The topological polar surface area (TPSA) is 49.1 Å². The lowest BCUT2D eigenvalue weighted by Crippen LogP contribution is -2.36. The van der Waals surface area contributed by atoms with E-state index in [-0.39, 0.29) is 11.9 Å². The van der Waals surface area contributed by atoms with Gasteiger partial charge in [-0.3, -0.25) is 9.69 Å². The Morgan fingerprint density at radius 1 is 1.25 bits per heavy atom. The number of thiophene rings is 1. The van der Waals surface area contributed by atoms with Gasteiger partial charge in [-0.15, -0.1) is 11.3 Å². The second kappa shape index (κ2) is 8.12. The van der Waals surface area contributed by atoms with Gasteiger partial charge in [0.25, 0.3) is 5.91 Å². The molecule has 5 nitrogen and oxygen atoms in total. The highest BCUT2D eigenvalue weighted by Crippen LogP contribution is 2.33. The quantitative estimate of drug-likeness (QED) is 0.621. The number of rotatable bonds is 6. The highest BCUT2D eigenvalue weighted by Gasteiger charge is 2.35. The fraction of sp³-hybridized carbons (Fsp3) is 0.273. The van der Waals surface area contributed by atoms with Crippen LogP contribution in [0.15, 0.2) is 69.7 Å². The summed E-state index contributed by atoms with van der Waals surface area (Å²) in [5.41, 5.74) is 3.16. The van der Waals surface area contributed by atoms with E-state index >= 15 is 0 Å². The van der Waals surface area contributed by atoms with E-state index in [0.29, 0.717) is 13.0 Å². The van der Waals surface area contributed by atoms with Gasteiger partial charge in [0.1, 0.15) is 11.8 Å². The molecule has 1 aromatic carbocycles. The number of likely N-dealkylation sites (N-methyl/N-ethyl adjacent to an activating group) is 1. The van der Waals surface area contributed by atoms with Crippen LogP contribution in [0.5, 0.6) is 0 Å². The Bertz CT molecular complexity index is 946. The molecule has 1 atom stereocenters. The van der Waals surface area contributed by atoms with Crippen molar-refractivity contribution < 1.29 is 9.21 Å². The maximum Gasteiger partial charge on any atom is 0.257 e. The zero-order valence-corrected chi connectivity index (χ0v) is 16.9. The monoisotopic (exact) mass is 393 g/mol. The summed E-state index contributed by atoms with van der Waals surface area (Å²) in [4.78, 5) is 16.3. The molecule has 6 heteroatoms. The van der Waals surface area contributed by atoms with Gasteiger partial charge in [-0.2, -0.15) is 5.10 Å². The van der Waals surface area contributed by atoms with Crippen molar-refractivity contribution in [3.63, 3.8) is 0 Å². The number of carbonyl (C=O) groups is 1. The second-order valence-corrected chi connectivity index (χ2v) is 8.17. The number of hydrogen-bond acceptors (Lipinski definition) is 5. The largest absolute Gasteiger partial charge is 0.467 e. The summed E-state index contributed by atoms with van der Waals surface area (Å²) < 4.78 is 5.61. The average Bonchev–Trinajstić information content (AvgIpc) is 3.43. The Morgan fingerprint density at radius 3 is 2.75 bits per heavy atom. The molecule has 1 aliphatic rings. The van der Waals surface area contributed by atoms with Gasteiger partial charge in [-0.1, -0.05) is 35.9 Å². The van der Waals surface area contributed by atoms with Gasteiger partial charge in [-0.25, -0.2) is 5.01 Å². The first kappa shape index (κ1) is 18.7. The Balaban J connectivity index is 1.53. The predicted molar refractivity (Wildman–Crippen MR) is 111 cm³/mol. The van der Waals surface area contributed by atoms with Gasteiger partial charge < -0.3 is 4.42 Å². The van der Waals surface area contributed by atoms with E-state index in [1.54, 1.807) is 22.6 Å². The van der Waals surface area contributed by atoms with E-state index < -0.39 is 0 Å². The van der Waals surface area contributed by atoms with Crippen molar-refractivity contribution in [3.8, 4) is 0 Å². The molecule has 0 saturated carbocycles. The van der Waals surface area contributed by atoms with Crippen molar-refractivity contribution in [1.29, 1.82) is 0 Å². The molecule has 4 rings (SSSR count). The van der Waals surface area contributed by atoms with Crippen molar-refractivity contribution in [3.05, 3.63) is 81.9 Å². The maximum atomic E-state index is 13.1. The van der Waals surface area contributed by atoms with Crippen molar-refractivity contribution in [2.24, 2.45) is 5.10 Å². The van der Waals surface area contributed by atoms with Crippen LogP contribution in [-0.2, 0) is 11.3 Å². The van der Waals surface area contributed by atoms with Crippen LogP contribution in [0.4, 0.5) is 0 Å². The van der Waals surface area contributed by atoms with E-state index in [9.17, 15) is 4.79 Å². The van der Waals surface area contributed by atoms with Crippen LogP contribution >= 0.6 is 11.3 Å². The van der Waals surface area contributed by atoms with Crippen LogP contribution in [0.1, 0.15) is 34.2 Å². The number of benzene rings is 1. The molecule has 1 amide bonds. The minimum absolute atomic E-state index is 0.0254. The van der Waals surface area contributed by atoms with Gasteiger partial charge in [0.15, 0.2) is 0 Å². The van der Waals surface area contributed by atoms with Gasteiger partial charge in [-0.05, 0) is 43.1 Å². The Hall–Kier alpha value is -2.70. The van der Waals surface area contributed by atoms with E-state index in [2.05, 4.69) is 42.6 Å². The zero-order valence-electron chi connectivity index (χ0n) is 16.0. The summed E-state index contributed by atoms with van der Waals surface area (Å²) in [7, 11) is 1.96. The predicted octanol–water partition coefficient (Wildman–Crippen LogP) is 4.46. The lowest BCUT2D eigenvalue weighted by atomic mass is 10.0. The van der Waals surface area contributed by atoms with Gasteiger partial charge in [0.05, 0.1) is 18.5 Å². The van der Waals surface area contributed by atoms with E-state index in [1.165, 1.54) is 10.4 Å². The van der Waals surface area contributed by atoms with Crippen LogP contribution in [0.25, 0.3) is 0 Å². The summed E-state index contributed by atoms with van der Waals surface area (Å²) in [6.45, 7) is 3.11. The number of furan rings is 1. The van der Waals surface area contributed by atoms with Crippen LogP contribution in [0.3, 0.4) is 0 Å². The van der Waals surface area contributed by atoms with Crippen molar-refractivity contribution >= 4 is 23.0 Å². The molecular formula is C22H23N3O2S. The van der Waals surface area contributed by atoms with Crippen LogP contribution in [-0.4, -0.2) is 35.1 Å². The summed E-state index contributed by atoms with van der Waals surface area (Å²) in [6, 6.07) is 15.9. The molecule has 0 bridgehead atoms. The standard InChI is InChI=1S/C22H23N3O2S/c1-16-7-9-17(10-8-16)19-13-20(21-6-3-11-27-21)25(23-19)22(26)15-24(2)14-18-5-4-12-28-18/h3-12,20H,13-15H2,1-2H3/t20-/m0/s1. The highest BCUT2D eigenvalue weighted by molar-refractivity contribution is 7.09. The number of carbonyl (C=O) groups excluding carboxylic acids is 1. The van der Waals surface area contributed by atoms with E-state index in [4.69, 9.17) is 9.52 Å². The third-order valence-corrected chi connectivity index (χ3v) is 5.69. The zero-order chi connectivity index (χ0) is 19.5. The normalized spacial score (nSPS) is 16.6. The third kappa shape index (κ3) is 4.08. The Morgan fingerprint density at radius 2 is 2.07 bits per heavy atom. The molecule has 2 aromatic heterocycles. The number of hydrazone groups is 1. The molecule has 0 fully saturated rings. The molecule has 0 spiro atoms. The molecule has 3 aromatic rings.